The van der Waals surface area contributed by atoms with Gasteiger partial charge in [0, 0.05) is 51.4 Å². The van der Waals surface area contributed by atoms with E-state index in [2.05, 4.69) is 38.8 Å². The Morgan fingerprint density at radius 3 is 2.30 bits per heavy atom. The van der Waals surface area contributed by atoms with E-state index in [1.807, 2.05) is 0 Å². The van der Waals surface area contributed by atoms with Crippen LogP contribution in [0, 0.1) is 0 Å². The average Bonchev–Trinajstić information content (AvgIpc) is 3.54. The van der Waals surface area contributed by atoms with Gasteiger partial charge in [0.2, 0.25) is 17.8 Å². The smallest absolute Gasteiger partial charge is 0.231 e. The van der Waals surface area contributed by atoms with Crippen LogP contribution in [0.3, 0.4) is 0 Å². The van der Waals surface area contributed by atoms with E-state index < -0.39 is 0 Å². The first-order valence-electron chi connectivity index (χ1n) is 10.6. The number of hydrogen-bond acceptors (Lipinski definition) is 8. The number of morpholine rings is 1. The van der Waals surface area contributed by atoms with E-state index in [1.54, 1.807) is 0 Å². The van der Waals surface area contributed by atoms with Gasteiger partial charge in [-0.25, -0.2) is 0 Å². The van der Waals surface area contributed by atoms with Gasteiger partial charge in [-0.2, -0.15) is 15.0 Å². The van der Waals surface area contributed by atoms with Crippen molar-refractivity contribution in [3.05, 3.63) is 0 Å². The summed E-state index contributed by atoms with van der Waals surface area (Å²) in [6.45, 7) is 12.0. The molecule has 8 nitrogen and oxygen atoms in total. The molecule has 2 saturated heterocycles. The highest BCUT2D eigenvalue weighted by Crippen LogP contribution is 2.26. The van der Waals surface area contributed by atoms with E-state index in [-0.39, 0.29) is 0 Å². The minimum Gasteiger partial charge on any atom is -0.379 e. The van der Waals surface area contributed by atoms with Gasteiger partial charge in [0.05, 0.1) is 13.2 Å². The summed E-state index contributed by atoms with van der Waals surface area (Å²) in [6.07, 6.45) is 4.76. The van der Waals surface area contributed by atoms with Crippen molar-refractivity contribution >= 4 is 17.8 Å². The molecule has 0 bridgehead atoms. The number of piperidine rings is 1. The molecule has 0 atom stereocenters. The lowest BCUT2D eigenvalue weighted by molar-refractivity contribution is 0.0114. The van der Waals surface area contributed by atoms with Gasteiger partial charge in [-0.3, -0.25) is 4.90 Å². The number of hydrogen-bond donors (Lipinski definition) is 1. The van der Waals surface area contributed by atoms with E-state index >= 15 is 0 Å². The minimum atomic E-state index is 0.539. The molecule has 2 aliphatic heterocycles. The van der Waals surface area contributed by atoms with Gasteiger partial charge in [-0.05, 0) is 39.5 Å². The van der Waals surface area contributed by atoms with Crippen LogP contribution in [-0.4, -0.2) is 84.4 Å². The molecule has 150 valence electrons. The lowest BCUT2D eigenvalue weighted by atomic mass is 10.0. The lowest BCUT2D eigenvalue weighted by Gasteiger charge is -2.40. The molecule has 8 heteroatoms. The van der Waals surface area contributed by atoms with Crippen LogP contribution in [0.2, 0.25) is 0 Å². The number of aromatic nitrogens is 3. The van der Waals surface area contributed by atoms with Crippen LogP contribution in [-0.2, 0) is 4.74 Å². The second kappa shape index (κ2) is 8.56. The van der Waals surface area contributed by atoms with Crippen molar-refractivity contribution in [1.82, 2.24) is 19.9 Å². The van der Waals surface area contributed by atoms with Crippen LogP contribution >= 0.6 is 0 Å². The molecule has 0 radical (unpaired) electrons. The average molecular weight is 376 g/mol. The Labute approximate surface area is 162 Å². The monoisotopic (exact) mass is 375 g/mol. The Balaban J connectivity index is 1.46. The topological polar surface area (TPSA) is 69.7 Å². The van der Waals surface area contributed by atoms with E-state index in [0.717, 1.165) is 83.2 Å². The number of ether oxygens (including phenoxy) is 1. The maximum absolute atomic E-state index is 5.50. The number of nitrogens with zero attached hydrogens (tertiary/aromatic N) is 6. The standard InChI is InChI=1S/C19H33N7O/c1-3-24(4-2)18-21-17(20-15-5-6-15)22-19(23-18)26-9-7-16(8-10-26)25-11-13-27-14-12-25/h15-16H,3-14H2,1-2H3,(H,20,21,22,23). The predicted molar refractivity (Wildman–Crippen MR) is 108 cm³/mol. The molecule has 3 aliphatic rings. The maximum atomic E-state index is 5.50. The zero-order chi connectivity index (χ0) is 18.6. The summed E-state index contributed by atoms with van der Waals surface area (Å²) >= 11 is 0. The summed E-state index contributed by atoms with van der Waals surface area (Å²) in [6, 6.07) is 1.20. The third kappa shape index (κ3) is 4.60. The van der Waals surface area contributed by atoms with Crippen LogP contribution in [0.15, 0.2) is 0 Å². The SMILES string of the molecule is CCN(CC)c1nc(NC2CC2)nc(N2CCC(N3CCOCC3)CC2)n1. The van der Waals surface area contributed by atoms with Crippen LogP contribution in [0.1, 0.15) is 39.5 Å². The minimum absolute atomic E-state index is 0.539. The predicted octanol–water partition coefficient (Wildman–Crippen LogP) is 1.59. The van der Waals surface area contributed by atoms with Crippen LogP contribution in [0.5, 0.6) is 0 Å². The molecule has 3 fully saturated rings. The fourth-order valence-corrected chi connectivity index (χ4v) is 3.99. The third-order valence-corrected chi connectivity index (χ3v) is 5.88. The van der Waals surface area contributed by atoms with E-state index in [0.29, 0.717) is 12.1 Å². The van der Waals surface area contributed by atoms with Gasteiger partial charge in [0.1, 0.15) is 0 Å². The Morgan fingerprint density at radius 2 is 1.67 bits per heavy atom. The largest absolute Gasteiger partial charge is 0.379 e. The molecule has 3 heterocycles. The first-order chi connectivity index (χ1) is 13.3. The Morgan fingerprint density at radius 1 is 0.963 bits per heavy atom. The molecule has 0 spiro atoms. The molecule has 1 saturated carbocycles. The highest BCUT2D eigenvalue weighted by atomic mass is 16.5. The van der Waals surface area contributed by atoms with Gasteiger partial charge in [-0.1, -0.05) is 0 Å². The van der Waals surface area contributed by atoms with Crippen molar-refractivity contribution in [2.45, 2.75) is 51.6 Å². The highest BCUT2D eigenvalue weighted by molar-refractivity contribution is 5.46. The van der Waals surface area contributed by atoms with E-state index in [9.17, 15) is 0 Å². The second-order valence-electron chi connectivity index (χ2n) is 7.72. The first kappa shape index (κ1) is 18.7. The summed E-state index contributed by atoms with van der Waals surface area (Å²) in [5.74, 6) is 2.36. The molecule has 4 rings (SSSR count). The first-order valence-corrected chi connectivity index (χ1v) is 10.6. The van der Waals surface area contributed by atoms with Crippen molar-refractivity contribution < 1.29 is 4.74 Å². The van der Waals surface area contributed by atoms with Crippen LogP contribution < -0.4 is 15.1 Å². The number of nitrogens with one attached hydrogen (secondary N) is 1. The van der Waals surface area contributed by atoms with E-state index in [4.69, 9.17) is 14.7 Å². The summed E-state index contributed by atoms with van der Waals surface area (Å²) in [5.41, 5.74) is 0. The molecule has 0 amide bonds. The molecule has 0 unspecified atom stereocenters. The molecule has 1 aromatic rings. The van der Waals surface area contributed by atoms with Crippen LogP contribution in [0.25, 0.3) is 0 Å². The molecule has 0 aromatic carbocycles. The summed E-state index contributed by atoms with van der Waals surface area (Å²) in [5, 5.41) is 3.46. The summed E-state index contributed by atoms with van der Waals surface area (Å²) < 4.78 is 5.50. The van der Waals surface area contributed by atoms with Crippen molar-refractivity contribution in [2.75, 3.05) is 67.6 Å². The Kier molecular flexibility index (Phi) is 5.92. The van der Waals surface area contributed by atoms with Crippen molar-refractivity contribution in [3.8, 4) is 0 Å². The zero-order valence-corrected chi connectivity index (χ0v) is 16.7. The third-order valence-electron chi connectivity index (χ3n) is 5.88. The Hall–Kier alpha value is -1.67. The Bertz CT molecular complexity index is 606. The van der Waals surface area contributed by atoms with Gasteiger partial charge in [0.25, 0.3) is 0 Å². The number of rotatable bonds is 7. The second-order valence-corrected chi connectivity index (χ2v) is 7.72. The zero-order valence-electron chi connectivity index (χ0n) is 16.7. The van der Waals surface area contributed by atoms with Gasteiger partial charge >= 0.3 is 0 Å². The fourth-order valence-electron chi connectivity index (χ4n) is 3.99. The van der Waals surface area contributed by atoms with Crippen LogP contribution in [0.4, 0.5) is 17.8 Å². The van der Waals surface area contributed by atoms with E-state index in [1.165, 1.54) is 12.8 Å². The molecular formula is C19H33N7O. The highest BCUT2D eigenvalue weighted by Gasteiger charge is 2.28. The summed E-state index contributed by atoms with van der Waals surface area (Å²) in [4.78, 5) is 21.4. The fraction of sp³-hybridized carbons (Fsp3) is 0.842. The van der Waals surface area contributed by atoms with Crippen molar-refractivity contribution in [2.24, 2.45) is 0 Å². The van der Waals surface area contributed by atoms with Crippen molar-refractivity contribution in [3.63, 3.8) is 0 Å². The molecule has 27 heavy (non-hydrogen) atoms. The van der Waals surface area contributed by atoms with Gasteiger partial charge < -0.3 is 19.9 Å². The molecule has 1 N–H and O–H groups in total. The maximum Gasteiger partial charge on any atom is 0.231 e. The quantitative estimate of drug-likeness (QED) is 0.771. The molecule has 1 aliphatic carbocycles. The number of anilines is 3. The molecule has 1 aromatic heterocycles. The lowest BCUT2D eigenvalue weighted by Crippen LogP contribution is -2.49. The molecular weight excluding hydrogens is 342 g/mol. The summed E-state index contributed by atoms with van der Waals surface area (Å²) in [7, 11) is 0. The van der Waals surface area contributed by atoms with Crippen molar-refractivity contribution in [1.29, 1.82) is 0 Å². The van der Waals surface area contributed by atoms with Gasteiger partial charge in [-0.15, -0.1) is 0 Å². The normalized spacial score (nSPS) is 22.1. The van der Waals surface area contributed by atoms with Gasteiger partial charge in [0.15, 0.2) is 0 Å².